The summed E-state index contributed by atoms with van der Waals surface area (Å²) in [6, 6.07) is 5.99. The van der Waals surface area contributed by atoms with Crippen LogP contribution in [-0.4, -0.2) is 26.3 Å². The van der Waals surface area contributed by atoms with E-state index in [0.29, 0.717) is 13.2 Å². The lowest BCUT2D eigenvalue weighted by molar-refractivity contribution is -0.0542. The van der Waals surface area contributed by atoms with Crippen LogP contribution in [0.15, 0.2) is 29.6 Å². The maximum Gasteiger partial charge on any atom is 0.190 e. The normalized spacial score (nSPS) is 18.7. The Kier molecular flexibility index (Phi) is 6.37. The first kappa shape index (κ1) is 20.6. The Bertz CT molecular complexity index is 976. The second-order valence-electron chi connectivity index (χ2n) is 7.68. The van der Waals surface area contributed by atoms with Crippen molar-refractivity contribution in [3.8, 4) is 0 Å². The van der Waals surface area contributed by atoms with Crippen molar-refractivity contribution in [2.45, 2.75) is 70.4 Å². The number of anilines is 1. The molecule has 0 radical (unpaired) electrons. The zero-order chi connectivity index (χ0) is 20.3. The van der Waals surface area contributed by atoms with E-state index in [1.807, 2.05) is 24.4 Å². The average Bonchev–Trinajstić information content (AvgIpc) is 3.10. The van der Waals surface area contributed by atoms with Gasteiger partial charge in [0.1, 0.15) is 10.6 Å². The minimum Gasteiger partial charge on any atom is -0.369 e. The van der Waals surface area contributed by atoms with E-state index >= 15 is 0 Å². The van der Waals surface area contributed by atoms with Gasteiger partial charge in [-0.05, 0) is 37.5 Å². The maximum absolute atomic E-state index is 6.18. The van der Waals surface area contributed by atoms with Gasteiger partial charge in [-0.15, -0.1) is 11.3 Å². The third-order valence-corrected chi connectivity index (χ3v) is 7.49. The van der Waals surface area contributed by atoms with Gasteiger partial charge in [-0.3, -0.25) is 4.98 Å². The molecule has 3 aromatic rings. The molecule has 1 N–H and O–H groups in total. The van der Waals surface area contributed by atoms with Crippen molar-refractivity contribution in [1.82, 2.24) is 15.0 Å². The summed E-state index contributed by atoms with van der Waals surface area (Å²) in [5.74, 6) is 1.97. The summed E-state index contributed by atoms with van der Waals surface area (Å²) in [6.07, 6.45) is 6.08. The number of ether oxygens (including phenoxy) is 1. The van der Waals surface area contributed by atoms with Crippen LogP contribution in [-0.2, 0) is 24.3 Å². The summed E-state index contributed by atoms with van der Waals surface area (Å²) in [7, 11) is 0. The van der Waals surface area contributed by atoms with Gasteiger partial charge in [0.05, 0.1) is 29.8 Å². The number of pyridine rings is 1. The molecule has 154 valence electrons. The SMILES string of the molecule is CCCCSc1nc(NCc2ccccn2)c2c3c(sc2n1)CO[C@](C)(CC)C3. The largest absolute Gasteiger partial charge is 0.369 e. The smallest absolute Gasteiger partial charge is 0.190 e. The van der Waals surface area contributed by atoms with E-state index in [4.69, 9.17) is 14.7 Å². The van der Waals surface area contributed by atoms with Gasteiger partial charge in [-0.25, -0.2) is 9.97 Å². The fraction of sp³-hybridized carbons (Fsp3) is 0.500. The number of thiophene rings is 1. The van der Waals surface area contributed by atoms with Crippen LogP contribution in [0.25, 0.3) is 10.2 Å². The van der Waals surface area contributed by atoms with E-state index in [-0.39, 0.29) is 5.60 Å². The standard InChI is InChI=1S/C22H28N4OS2/c1-4-6-11-28-21-25-19(24-13-15-9-7-8-10-23-15)18-16-12-22(3,5-2)27-14-17(16)29-20(18)26-21/h7-10H,4-6,11-14H2,1-3H3,(H,24,25,26)/t22-/m1/s1. The molecule has 0 aliphatic carbocycles. The molecule has 7 heteroatoms. The third kappa shape index (κ3) is 4.57. The molecular weight excluding hydrogens is 400 g/mol. The summed E-state index contributed by atoms with van der Waals surface area (Å²) in [5, 5.41) is 5.58. The molecule has 0 unspecified atom stereocenters. The highest BCUT2D eigenvalue weighted by atomic mass is 32.2. The van der Waals surface area contributed by atoms with Gasteiger partial charge >= 0.3 is 0 Å². The number of fused-ring (bicyclic) bond motifs is 3. The first-order valence-electron chi connectivity index (χ1n) is 10.3. The highest BCUT2D eigenvalue weighted by Crippen LogP contribution is 2.42. The molecule has 4 heterocycles. The van der Waals surface area contributed by atoms with Gasteiger partial charge in [0.25, 0.3) is 0 Å². The van der Waals surface area contributed by atoms with E-state index < -0.39 is 0 Å². The second kappa shape index (κ2) is 8.98. The Balaban J connectivity index is 1.71. The first-order chi connectivity index (χ1) is 14.1. The molecule has 3 aromatic heterocycles. The van der Waals surface area contributed by atoms with Crippen LogP contribution in [0, 0.1) is 0 Å². The van der Waals surface area contributed by atoms with Crippen molar-refractivity contribution in [2.75, 3.05) is 11.1 Å². The zero-order valence-electron chi connectivity index (χ0n) is 17.3. The summed E-state index contributed by atoms with van der Waals surface area (Å²) in [5.41, 5.74) is 2.24. The fourth-order valence-corrected chi connectivity index (χ4v) is 5.54. The zero-order valence-corrected chi connectivity index (χ0v) is 19.0. The van der Waals surface area contributed by atoms with Crippen LogP contribution in [0.2, 0.25) is 0 Å². The highest BCUT2D eigenvalue weighted by molar-refractivity contribution is 7.99. The predicted molar refractivity (Wildman–Crippen MR) is 122 cm³/mol. The first-order valence-corrected chi connectivity index (χ1v) is 12.1. The lowest BCUT2D eigenvalue weighted by Gasteiger charge is -2.33. The Morgan fingerprint density at radius 3 is 2.93 bits per heavy atom. The molecule has 4 rings (SSSR count). The van der Waals surface area contributed by atoms with E-state index in [0.717, 1.165) is 40.1 Å². The van der Waals surface area contributed by atoms with E-state index in [1.54, 1.807) is 23.1 Å². The topological polar surface area (TPSA) is 59.9 Å². The van der Waals surface area contributed by atoms with Crippen LogP contribution in [0.5, 0.6) is 0 Å². The molecule has 1 aliphatic heterocycles. The van der Waals surface area contributed by atoms with E-state index in [2.05, 4.69) is 31.1 Å². The van der Waals surface area contributed by atoms with Crippen molar-refractivity contribution < 1.29 is 4.74 Å². The van der Waals surface area contributed by atoms with Crippen molar-refractivity contribution in [3.05, 3.63) is 40.5 Å². The number of hydrogen-bond donors (Lipinski definition) is 1. The highest BCUT2D eigenvalue weighted by Gasteiger charge is 2.33. The van der Waals surface area contributed by atoms with Gasteiger partial charge in [0.15, 0.2) is 5.16 Å². The number of rotatable bonds is 8. The van der Waals surface area contributed by atoms with Gasteiger partial charge in [-0.1, -0.05) is 38.1 Å². The Labute approximate surface area is 180 Å². The van der Waals surface area contributed by atoms with Crippen molar-refractivity contribution in [3.63, 3.8) is 0 Å². The molecule has 0 fully saturated rings. The van der Waals surface area contributed by atoms with Gasteiger partial charge in [0.2, 0.25) is 0 Å². The average molecular weight is 429 g/mol. The number of nitrogens with zero attached hydrogens (tertiary/aromatic N) is 3. The van der Waals surface area contributed by atoms with Crippen LogP contribution < -0.4 is 5.32 Å². The Morgan fingerprint density at radius 2 is 2.17 bits per heavy atom. The third-order valence-electron chi connectivity index (χ3n) is 5.46. The van der Waals surface area contributed by atoms with Gasteiger partial charge < -0.3 is 10.1 Å². The van der Waals surface area contributed by atoms with E-state index in [9.17, 15) is 0 Å². The molecule has 0 amide bonds. The maximum atomic E-state index is 6.18. The predicted octanol–water partition coefficient (Wildman–Crippen LogP) is 5.83. The molecule has 1 atom stereocenters. The lowest BCUT2D eigenvalue weighted by Crippen LogP contribution is -2.33. The van der Waals surface area contributed by atoms with Crippen molar-refractivity contribution in [1.29, 1.82) is 0 Å². The van der Waals surface area contributed by atoms with Crippen molar-refractivity contribution >= 4 is 39.1 Å². The molecule has 5 nitrogen and oxygen atoms in total. The van der Waals surface area contributed by atoms with Crippen LogP contribution in [0.4, 0.5) is 5.82 Å². The number of aromatic nitrogens is 3. The molecule has 1 aliphatic rings. The number of thioether (sulfide) groups is 1. The van der Waals surface area contributed by atoms with Gasteiger partial charge in [-0.2, -0.15) is 0 Å². The summed E-state index contributed by atoms with van der Waals surface area (Å²) in [6.45, 7) is 7.93. The summed E-state index contributed by atoms with van der Waals surface area (Å²) < 4.78 is 6.18. The summed E-state index contributed by atoms with van der Waals surface area (Å²) in [4.78, 5) is 16.6. The Morgan fingerprint density at radius 1 is 1.28 bits per heavy atom. The molecule has 29 heavy (non-hydrogen) atoms. The molecule has 0 spiro atoms. The minimum atomic E-state index is -0.117. The van der Waals surface area contributed by atoms with Crippen LogP contribution in [0.3, 0.4) is 0 Å². The molecule has 0 saturated heterocycles. The molecule has 0 aromatic carbocycles. The molecule has 0 saturated carbocycles. The van der Waals surface area contributed by atoms with Crippen LogP contribution in [0.1, 0.15) is 56.2 Å². The van der Waals surface area contributed by atoms with E-state index in [1.165, 1.54) is 28.7 Å². The fourth-order valence-electron chi connectivity index (χ4n) is 3.46. The van der Waals surface area contributed by atoms with Gasteiger partial charge in [0, 0.05) is 23.2 Å². The molecule has 0 bridgehead atoms. The Hall–Kier alpha value is -1.70. The molecular formula is C22H28N4OS2. The number of unbranched alkanes of at least 4 members (excludes halogenated alkanes) is 1. The summed E-state index contributed by atoms with van der Waals surface area (Å²) >= 11 is 3.50. The quantitative estimate of drug-likeness (QED) is 0.277. The monoisotopic (exact) mass is 428 g/mol. The number of nitrogens with one attached hydrogen (secondary N) is 1. The lowest BCUT2D eigenvalue weighted by atomic mass is 9.90. The minimum absolute atomic E-state index is 0.117. The number of hydrogen-bond acceptors (Lipinski definition) is 7. The second-order valence-corrected chi connectivity index (χ2v) is 9.83. The van der Waals surface area contributed by atoms with Crippen molar-refractivity contribution in [2.24, 2.45) is 0 Å². The van der Waals surface area contributed by atoms with Crippen LogP contribution >= 0.6 is 23.1 Å².